The van der Waals surface area contributed by atoms with Crippen LogP contribution in [0.4, 0.5) is 34.5 Å². The minimum atomic E-state index is -2.54. The van der Waals surface area contributed by atoms with E-state index in [1.807, 2.05) is 54.6 Å². The highest BCUT2D eigenvalue weighted by Gasteiger charge is 2.39. The molecule has 3 aliphatic heterocycles. The van der Waals surface area contributed by atoms with Crippen molar-refractivity contribution < 1.29 is 23.7 Å². The zero-order valence-corrected chi connectivity index (χ0v) is 34.8. The zero-order valence-electron chi connectivity index (χ0n) is 33.1. The number of hydrogen-bond donors (Lipinski definition) is 5. The van der Waals surface area contributed by atoms with Gasteiger partial charge in [-0.25, -0.2) is 4.98 Å². The summed E-state index contributed by atoms with van der Waals surface area (Å²) in [5.41, 5.74) is 4.99. The van der Waals surface area contributed by atoms with Gasteiger partial charge in [0.1, 0.15) is 24.0 Å². The number of amides is 3. The van der Waals surface area contributed by atoms with Crippen LogP contribution in [0.2, 0.25) is 5.02 Å². The number of benzene rings is 3. The molecule has 1 unspecified atom stereocenters. The van der Waals surface area contributed by atoms with E-state index in [0.717, 1.165) is 86.2 Å². The van der Waals surface area contributed by atoms with Crippen LogP contribution in [0.1, 0.15) is 60.9 Å². The first kappa shape index (κ1) is 41.0. The number of imide groups is 1. The quantitative estimate of drug-likeness (QED) is 0.0475. The zero-order chi connectivity index (χ0) is 40.8. The molecule has 16 heteroatoms. The lowest BCUT2D eigenvalue weighted by molar-refractivity contribution is -0.136. The maximum atomic E-state index is 13.0. The van der Waals surface area contributed by atoms with Crippen LogP contribution in [-0.4, -0.2) is 91.3 Å². The number of carbonyl (C=O) groups is 3. The lowest BCUT2D eigenvalue weighted by Crippen LogP contribution is -2.52. The summed E-state index contributed by atoms with van der Waals surface area (Å²) in [7, 11) is -0.896. The van der Waals surface area contributed by atoms with Crippen LogP contribution in [0.15, 0.2) is 66.9 Å². The molecule has 1 aromatic heterocycles. The van der Waals surface area contributed by atoms with Crippen molar-refractivity contribution in [2.45, 2.75) is 63.6 Å². The summed E-state index contributed by atoms with van der Waals surface area (Å²) in [5, 5.41) is 17.2. The highest BCUT2D eigenvalue weighted by molar-refractivity contribution is 7.70. The third-order valence-electron chi connectivity index (χ3n) is 10.9. The number of nitrogens with zero attached hydrogens (tertiary/aromatic N) is 4. The van der Waals surface area contributed by atoms with Gasteiger partial charge in [0.25, 0.3) is 5.91 Å². The van der Waals surface area contributed by atoms with Gasteiger partial charge in [-0.3, -0.25) is 19.7 Å². The number of piperidine rings is 2. The summed E-state index contributed by atoms with van der Waals surface area (Å²) in [6.45, 7) is 7.53. The number of unbranched alkanes of at least 4 members (excludes halogenated alkanes) is 2. The summed E-state index contributed by atoms with van der Waals surface area (Å²) in [5.74, 6) is 0.585. The molecule has 14 nitrogen and oxygen atoms in total. The van der Waals surface area contributed by atoms with E-state index in [0.29, 0.717) is 52.8 Å². The van der Waals surface area contributed by atoms with Crippen LogP contribution in [0, 0.1) is 0 Å². The topological polar surface area (TPSA) is 170 Å². The van der Waals surface area contributed by atoms with Crippen molar-refractivity contribution in [2.24, 2.45) is 0 Å². The van der Waals surface area contributed by atoms with Gasteiger partial charge in [0.05, 0.1) is 24.7 Å². The molecule has 4 heterocycles. The Balaban J connectivity index is 0.821. The van der Waals surface area contributed by atoms with Crippen LogP contribution in [0.25, 0.3) is 0 Å². The normalized spacial score (nSPS) is 17.2. The van der Waals surface area contributed by atoms with E-state index in [1.54, 1.807) is 25.3 Å². The van der Waals surface area contributed by atoms with Crippen molar-refractivity contribution in [3.8, 4) is 5.75 Å². The number of rotatable bonds is 16. The van der Waals surface area contributed by atoms with E-state index < -0.39 is 19.1 Å². The Labute approximate surface area is 344 Å². The largest absolute Gasteiger partial charge is 0.494 e. The highest BCUT2D eigenvalue weighted by atomic mass is 35.5. The monoisotopic (exact) mass is 827 g/mol. The summed E-state index contributed by atoms with van der Waals surface area (Å²) in [6, 6.07) is 19.2. The summed E-state index contributed by atoms with van der Waals surface area (Å²) in [6.07, 6.45) is 7.46. The number of ether oxygens (including phenoxy) is 1. The molecule has 2 saturated heterocycles. The number of para-hydroxylation sites is 1. The standard InChI is InChI=1S/C42H51ClN9O5P/c1-57-36-24-30(12-14-33(36)48-42-46-25-32(43)39(50-42)47-34-9-5-6-10-37(34)58(2,3)56)51-21-17-28(18-22-51)44-19-7-4-8-20-45-29-11-13-31-27(23-29)26-52(41(31)55)35-15-16-38(53)49-40(35)54/h5-6,9-14,23-25,28,35,44-45H,4,7-8,15-22,26H2,1-3H3,(H,49,53,54)(H2,46,47,48,50). The van der Waals surface area contributed by atoms with Crippen molar-refractivity contribution in [3.63, 3.8) is 0 Å². The van der Waals surface area contributed by atoms with E-state index in [2.05, 4.69) is 47.5 Å². The number of halogens is 1. The first-order valence-corrected chi connectivity index (χ1v) is 22.8. The predicted octanol–water partition coefficient (Wildman–Crippen LogP) is 6.48. The smallest absolute Gasteiger partial charge is 0.255 e. The summed E-state index contributed by atoms with van der Waals surface area (Å²) < 4.78 is 18.7. The molecule has 4 aromatic rings. The van der Waals surface area contributed by atoms with E-state index in [9.17, 15) is 18.9 Å². The van der Waals surface area contributed by atoms with E-state index in [1.165, 1.54) is 6.20 Å². The second-order valence-electron chi connectivity index (χ2n) is 15.4. The summed E-state index contributed by atoms with van der Waals surface area (Å²) in [4.78, 5) is 49.8. The third-order valence-corrected chi connectivity index (χ3v) is 12.7. The number of hydrogen-bond acceptors (Lipinski definition) is 12. The molecule has 0 aliphatic carbocycles. The number of nitrogens with one attached hydrogen (secondary N) is 5. The van der Waals surface area contributed by atoms with E-state index in [4.69, 9.17) is 16.3 Å². The molecule has 3 aromatic carbocycles. The Kier molecular flexibility index (Phi) is 12.9. The van der Waals surface area contributed by atoms with Gasteiger partial charge in [-0.2, -0.15) is 4.98 Å². The highest BCUT2D eigenvalue weighted by Crippen LogP contribution is 2.39. The molecule has 3 aliphatic rings. The third kappa shape index (κ3) is 9.74. The van der Waals surface area contributed by atoms with Crippen molar-refractivity contribution in [1.82, 2.24) is 25.5 Å². The fraction of sp³-hybridized carbons (Fsp3) is 0.405. The Hall–Kier alpha value is -5.17. The molecule has 0 spiro atoms. The number of carbonyl (C=O) groups excluding carboxylic acids is 3. The molecule has 306 valence electrons. The van der Waals surface area contributed by atoms with Gasteiger partial charge in [-0.1, -0.05) is 30.2 Å². The second kappa shape index (κ2) is 18.2. The first-order chi connectivity index (χ1) is 28.0. The molecular formula is C42H51ClN9O5P. The van der Waals surface area contributed by atoms with Crippen molar-refractivity contribution in [1.29, 1.82) is 0 Å². The fourth-order valence-corrected chi connectivity index (χ4v) is 9.08. The van der Waals surface area contributed by atoms with Crippen LogP contribution in [0.3, 0.4) is 0 Å². The molecule has 3 amide bonds. The Morgan fingerprint density at radius 1 is 0.931 bits per heavy atom. The van der Waals surface area contributed by atoms with E-state index in [-0.39, 0.29) is 18.2 Å². The Morgan fingerprint density at radius 2 is 1.72 bits per heavy atom. The maximum Gasteiger partial charge on any atom is 0.255 e. The molecule has 0 saturated carbocycles. The number of anilines is 6. The van der Waals surface area contributed by atoms with Crippen molar-refractivity contribution in [3.05, 3.63) is 83.0 Å². The summed E-state index contributed by atoms with van der Waals surface area (Å²) >= 11 is 6.46. The van der Waals surface area contributed by atoms with E-state index >= 15 is 0 Å². The van der Waals surface area contributed by atoms with Crippen molar-refractivity contribution >= 4 is 76.3 Å². The van der Waals surface area contributed by atoms with Gasteiger partial charge in [0.15, 0.2) is 5.82 Å². The van der Waals surface area contributed by atoms with Crippen molar-refractivity contribution in [2.75, 3.05) is 67.5 Å². The first-order valence-electron chi connectivity index (χ1n) is 19.9. The second-order valence-corrected chi connectivity index (χ2v) is 19.0. The van der Waals surface area contributed by atoms with Gasteiger partial charge in [0, 0.05) is 67.0 Å². The van der Waals surface area contributed by atoms with Gasteiger partial charge >= 0.3 is 0 Å². The van der Waals surface area contributed by atoms with Gasteiger partial charge < -0.3 is 40.4 Å². The minimum absolute atomic E-state index is 0.154. The Morgan fingerprint density at radius 3 is 2.50 bits per heavy atom. The molecule has 7 rings (SSSR count). The average Bonchev–Trinajstić information content (AvgIpc) is 3.53. The molecule has 1 atom stereocenters. The molecule has 2 fully saturated rings. The average molecular weight is 828 g/mol. The number of aromatic nitrogens is 2. The van der Waals surface area contributed by atoms with Crippen LogP contribution < -0.4 is 41.5 Å². The Bertz CT molecular complexity index is 2210. The lowest BCUT2D eigenvalue weighted by Gasteiger charge is -2.34. The lowest BCUT2D eigenvalue weighted by atomic mass is 10.0. The number of methoxy groups -OCH3 is 1. The molecule has 0 radical (unpaired) electrons. The molecule has 5 N–H and O–H groups in total. The van der Waals surface area contributed by atoms with Crippen LogP contribution >= 0.6 is 18.7 Å². The van der Waals surface area contributed by atoms with Gasteiger partial charge in [0.2, 0.25) is 17.8 Å². The van der Waals surface area contributed by atoms with Crippen LogP contribution in [-0.2, 0) is 20.7 Å². The van der Waals surface area contributed by atoms with Crippen LogP contribution in [0.5, 0.6) is 5.75 Å². The SMILES string of the molecule is COc1cc(N2CCC(NCCCCCNc3ccc4c(c3)CN(C3CCC(=O)NC3=O)C4=O)CC2)ccc1Nc1ncc(Cl)c(Nc2ccccc2P(C)(C)=O)n1. The van der Waals surface area contributed by atoms with Gasteiger partial charge in [-0.05, 0) is 100 Å². The predicted molar refractivity (Wildman–Crippen MR) is 230 cm³/mol. The number of fused-ring (bicyclic) bond motifs is 1. The molecular weight excluding hydrogens is 777 g/mol. The maximum absolute atomic E-state index is 13.0. The molecule has 0 bridgehead atoms. The fourth-order valence-electron chi connectivity index (χ4n) is 7.78. The van der Waals surface area contributed by atoms with Gasteiger partial charge in [-0.15, -0.1) is 0 Å². The minimum Gasteiger partial charge on any atom is -0.494 e. The molecule has 58 heavy (non-hydrogen) atoms.